The standard InChI is InChI=1S/C7H17N3OSi/c1-6(9-10-8)7(2)11-12(3,4)5/h6-7H,1-5H3. The minimum absolute atomic E-state index is 0.0209. The maximum atomic E-state index is 8.20. The molecule has 0 spiro atoms. The van der Waals surface area contributed by atoms with Gasteiger partial charge in [-0.3, -0.25) is 0 Å². The summed E-state index contributed by atoms with van der Waals surface area (Å²) in [6, 6.07) is -0.0817. The van der Waals surface area contributed by atoms with E-state index in [1.54, 1.807) is 0 Å². The van der Waals surface area contributed by atoms with Crippen molar-refractivity contribution in [2.24, 2.45) is 5.11 Å². The summed E-state index contributed by atoms with van der Waals surface area (Å²) in [4.78, 5) is 2.75. The minimum atomic E-state index is -1.50. The van der Waals surface area contributed by atoms with Crippen LogP contribution in [0.25, 0.3) is 10.4 Å². The Morgan fingerprint density at radius 3 is 2.17 bits per heavy atom. The molecular formula is C7H17N3OSi. The van der Waals surface area contributed by atoms with Crippen LogP contribution in [0.4, 0.5) is 0 Å². The van der Waals surface area contributed by atoms with Crippen LogP contribution in [0.1, 0.15) is 13.8 Å². The second kappa shape index (κ2) is 4.50. The summed E-state index contributed by atoms with van der Waals surface area (Å²) in [7, 11) is -1.50. The molecule has 2 unspecified atom stereocenters. The summed E-state index contributed by atoms with van der Waals surface area (Å²) >= 11 is 0. The summed E-state index contributed by atoms with van der Waals surface area (Å²) < 4.78 is 5.73. The summed E-state index contributed by atoms with van der Waals surface area (Å²) in [5, 5.41) is 3.59. The van der Waals surface area contributed by atoms with E-state index in [1.165, 1.54) is 0 Å². The lowest BCUT2D eigenvalue weighted by atomic mass is 10.2. The summed E-state index contributed by atoms with van der Waals surface area (Å²) in [6.45, 7) is 10.2. The molecule has 5 heteroatoms. The Balaban J connectivity index is 4.03. The molecule has 2 atom stereocenters. The van der Waals surface area contributed by atoms with Gasteiger partial charge in [-0.2, -0.15) is 0 Å². The van der Waals surface area contributed by atoms with Gasteiger partial charge in [0.05, 0.1) is 12.1 Å². The van der Waals surface area contributed by atoms with Gasteiger partial charge >= 0.3 is 0 Å². The topological polar surface area (TPSA) is 58.0 Å². The van der Waals surface area contributed by atoms with E-state index in [9.17, 15) is 0 Å². The predicted octanol–water partition coefficient (Wildman–Crippen LogP) is 2.93. The molecule has 0 aliphatic heterocycles. The lowest BCUT2D eigenvalue weighted by Crippen LogP contribution is -2.35. The lowest BCUT2D eigenvalue weighted by molar-refractivity contribution is 0.189. The van der Waals surface area contributed by atoms with Crippen molar-refractivity contribution in [2.75, 3.05) is 0 Å². The van der Waals surface area contributed by atoms with Crippen molar-refractivity contribution in [2.45, 2.75) is 45.6 Å². The Bertz CT molecular complexity index is 184. The van der Waals surface area contributed by atoms with Crippen molar-refractivity contribution in [1.29, 1.82) is 0 Å². The first-order valence-corrected chi connectivity index (χ1v) is 7.49. The first kappa shape index (κ1) is 11.5. The van der Waals surface area contributed by atoms with Gasteiger partial charge in [0.2, 0.25) is 0 Å². The molecule has 0 saturated heterocycles. The highest BCUT2D eigenvalue weighted by atomic mass is 28.4. The molecule has 0 amide bonds. The van der Waals surface area contributed by atoms with Gasteiger partial charge < -0.3 is 4.43 Å². The molecule has 0 heterocycles. The molecular weight excluding hydrogens is 170 g/mol. The van der Waals surface area contributed by atoms with Crippen LogP contribution in [0.5, 0.6) is 0 Å². The quantitative estimate of drug-likeness (QED) is 0.289. The second-order valence-electron chi connectivity index (χ2n) is 3.88. The fourth-order valence-corrected chi connectivity index (χ4v) is 2.14. The van der Waals surface area contributed by atoms with Gasteiger partial charge in [0, 0.05) is 4.91 Å². The summed E-state index contributed by atoms with van der Waals surface area (Å²) in [5.74, 6) is 0. The van der Waals surface area contributed by atoms with Crippen LogP contribution in [0, 0.1) is 0 Å². The van der Waals surface area contributed by atoms with Crippen LogP contribution in [0.3, 0.4) is 0 Å². The third-order valence-corrected chi connectivity index (χ3v) is 2.53. The van der Waals surface area contributed by atoms with Crippen LogP contribution in [0.2, 0.25) is 19.6 Å². The third kappa shape index (κ3) is 5.18. The molecule has 0 saturated carbocycles. The van der Waals surface area contributed by atoms with Gasteiger partial charge in [0.15, 0.2) is 8.32 Å². The Kier molecular flexibility index (Phi) is 4.30. The van der Waals surface area contributed by atoms with Crippen LogP contribution in [-0.4, -0.2) is 20.5 Å². The maximum absolute atomic E-state index is 8.20. The predicted molar refractivity (Wildman–Crippen MR) is 52.5 cm³/mol. The van der Waals surface area contributed by atoms with Crippen molar-refractivity contribution in [1.82, 2.24) is 0 Å². The molecule has 0 fully saturated rings. The Labute approximate surface area is 74.7 Å². The minimum Gasteiger partial charge on any atom is -0.415 e. The normalized spacial score (nSPS) is 16.4. The zero-order chi connectivity index (χ0) is 9.78. The smallest absolute Gasteiger partial charge is 0.184 e. The van der Waals surface area contributed by atoms with Crippen molar-refractivity contribution in [3.8, 4) is 0 Å². The van der Waals surface area contributed by atoms with E-state index < -0.39 is 8.32 Å². The Morgan fingerprint density at radius 2 is 1.83 bits per heavy atom. The average molecular weight is 187 g/mol. The van der Waals surface area contributed by atoms with E-state index in [1.807, 2.05) is 13.8 Å². The number of hydrogen-bond donors (Lipinski definition) is 0. The molecule has 12 heavy (non-hydrogen) atoms. The van der Waals surface area contributed by atoms with Gasteiger partial charge in [-0.05, 0) is 32.1 Å². The van der Waals surface area contributed by atoms with Gasteiger partial charge in [0.1, 0.15) is 0 Å². The second-order valence-corrected chi connectivity index (χ2v) is 8.34. The first-order chi connectivity index (χ1) is 5.37. The SMILES string of the molecule is CC(N=[N+]=[N-])C(C)O[Si](C)(C)C. The van der Waals surface area contributed by atoms with E-state index in [2.05, 4.69) is 29.7 Å². The molecule has 0 aliphatic rings. The first-order valence-electron chi connectivity index (χ1n) is 4.09. The monoisotopic (exact) mass is 187 g/mol. The molecule has 0 aliphatic carbocycles. The zero-order valence-electron chi connectivity index (χ0n) is 8.40. The summed E-state index contributed by atoms with van der Waals surface area (Å²) in [5.41, 5.74) is 8.20. The van der Waals surface area contributed by atoms with Crippen molar-refractivity contribution in [3.63, 3.8) is 0 Å². The molecule has 0 aromatic heterocycles. The fraction of sp³-hybridized carbons (Fsp3) is 1.00. The largest absolute Gasteiger partial charge is 0.415 e. The average Bonchev–Trinajstić information content (AvgIpc) is 1.84. The Morgan fingerprint density at radius 1 is 1.33 bits per heavy atom. The van der Waals surface area contributed by atoms with E-state index in [-0.39, 0.29) is 12.1 Å². The molecule has 0 aromatic carbocycles. The molecule has 0 rings (SSSR count). The van der Waals surface area contributed by atoms with Gasteiger partial charge in [0.25, 0.3) is 0 Å². The highest BCUT2D eigenvalue weighted by Crippen LogP contribution is 2.11. The third-order valence-electron chi connectivity index (χ3n) is 1.45. The molecule has 0 radical (unpaired) electrons. The highest BCUT2D eigenvalue weighted by Gasteiger charge is 2.21. The van der Waals surface area contributed by atoms with Crippen molar-refractivity contribution >= 4 is 8.32 Å². The van der Waals surface area contributed by atoms with Crippen molar-refractivity contribution in [3.05, 3.63) is 10.4 Å². The van der Waals surface area contributed by atoms with E-state index >= 15 is 0 Å². The van der Waals surface area contributed by atoms with E-state index in [0.29, 0.717) is 0 Å². The molecule has 4 nitrogen and oxygen atoms in total. The van der Waals surface area contributed by atoms with E-state index in [0.717, 1.165) is 0 Å². The Hall–Kier alpha value is -0.513. The highest BCUT2D eigenvalue weighted by molar-refractivity contribution is 6.69. The summed E-state index contributed by atoms with van der Waals surface area (Å²) in [6.07, 6.45) is 0.0209. The molecule has 70 valence electrons. The maximum Gasteiger partial charge on any atom is 0.184 e. The van der Waals surface area contributed by atoms with Crippen LogP contribution < -0.4 is 0 Å². The number of hydrogen-bond acceptors (Lipinski definition) is 2. The number of azide groups is 1. The van der Waals surface area contributed by atoms with Crippen LogP contribution >= 0.6 is 0 Å². The van der Waals surface area contributed by atoms with E-state index in [4.69, 9.17) is 9.96 Å². The lowest BCUT2D eigenvalue weighted by Gasteiger charge is -2.25. The molecule has 0 N–H and O–H groups in total. The van der Waals surface area contributed by atoms with Crippen molar-refractivity contribution < 1.29 is 4.43 Å². The van der Waals surface area contributed by atoms with Gasteiger partial charge in [-0.15, -0.1) is 0 Å². The molecule has 0 bridgehead atoms. The number of rotatable bonds is 4. The van der Waals surface area contributed by atoms with Crippen LogP contribution in [-0.2, 0) is 4.43 Å². The van der Waals surface area contributed by atoms with Crippen LogP contribution in [0.15, 0.2) is 5.11 Å². The van der Waals surface area contributed by atoms with Gasteiger partial charge in [-0.1, -0.05) is 12.0 Å². The zero-order valence-corrected chi connectivity index (χ0v) is 9.40. The fourth-order valence-electron chi connectivity index (χ4n) is 0.831. The number of nitrogens with zero attached hydrogens (tertiary/aromatic N) is 3. The molecule has 0 aromatic rings. The van der Waals surface area contributed by atoms with Gasteiger partial charge in [-0.25, -0.2) is 0 Å².